The van der Waals surface area contributed by atoms with Crippen molar-refractivity contribution in [3.8, 4) is 0 Å². The van der Waals surface area contributed by atoms with Crippen molar-refractivity contribution in [3.63, 3.8) is 0 Å². The summed E-state index contributed by atoms with van der Waals surface area (Å²) in [4.78, 5) is 12.1. The number of nitrogens with zero attached hydrogens (tertiary/aromatic N) is 4. The summed E-state index contributed by atoms with van der Waals surface area (Å²) in [7, 11) is 0. The lowest BCUT2D eigenvalue weighted by atomic mass is 10.0. The van der Waals surface area contributed by atoms with E-state index in [9.17, 15) is 9.18 Å². The van der Waals surface area contributed by atoms with E-state index in [2.05, 4.69) is 10.3 Å². The molecule has 3 heterocycles. The fourth-order valence-electron chi connectivity index (χ4n) is 2.19. The Kier molecular flexibility index (Phi) is 2.66. The van der Waals surface area contributed by atoms with Crippen LogP contribution in [0, 0.1) is 5.95 Å². The maximum Gasteiger partial charge on any atom is 0.407 e. The highest BCUT2D eigenvalue weighted by Crippen LogP contribution is 2.25. The zero-order valence-electron chi connectivity index (χ0n) is 9.95. The van der Waals surface area contributed by atoms with Crippen molar-refractivity contribution in [1.82, 2.24) is 19.7 Å². The summed E-state index contributed by atoms with van der Waals surface area (Å²) >= 11 is 0. The predicted molar refractivity (Wildman–Crippen MR) is 65.1 cm³/mol. The summed E-state index contributed by atoms with van der Waals surface area (Å²) in [6, 6.07) is 3.42. The van der Waals surface area contributed by atoms with Gasteiger partial charge in [0.05, 0.1) is 11.7 Å². The molecule has 0 radical (unpaired) electrons. The molecule has 0 bridgehead atoms. The molecule has 7 heteroatoms. The van der Waals surface area contributed by atoms with E-state index in [1.165, 1.54) is 11.1 Å². The van der Waals surface area contributed by atoms with E-state index in [-0.39, 0.29) is 6.54 Å². The summed E-state index contributed by atoms with van der Waals surface area (Å²) in [6.45, 7) is 0.648. The molecule has 0 atom stereocenters. The van der Waals surface area contributed by atoms with Gasteiger partial charge in [0.25, 0.3) is 0 Å². The van der Waals surface area contributed by atoms with Gasteiger partial charge in [-0.05, 0) is 24.1 Å². The van der Waals surface area contributed by atoms with Crippen LogP contribution in [-0.4, -0.2) is 44.0 Å². The summed E-state index contributed by atoms with van der Waals surface area (Å²) in [5.41, 5.74) is 1.83. The first kappa shape index (κ1) is 11.6. The highest BCUT2D eigenvalue weighted by atomic mass is 19.1. The van der Waals surface area contributed by atoms with Crippen molar-refractivity contribution in [1.29, 1.82) is 0 Å². The van der Waals surface area contributed by atoms with E-state index in [1.807, 2.05) is 0 Å². The molecule has 3 rings (SSSR count). The number of pyridine rings is 1. The van der Waals surface area contributed by atoms with Gasteiger partial charge in [-0.2, -0.15) is 8.91 Å². The van der Waals surface area contributed by atoms with E-state index in [0.717, 1.165) is 10.1 Å². The first-order valence-corrected chi connectivity index (χ1v) is 5.83. The Morgan fingerprint density at radius 3 is 2.95 bits per heavy atom. The molecule has 98 valence electrons. The second-order valence-electron chi connectivity index (χ2n) is 4.32. The Labute approximate surface area is 107 Å². The van der Waals surface area contributed by atoms with Crippen LogP contribution < -0.4 is 0 Å². The fraction of sp³-hybridized carbons (Fsp3) is 0.250. The van der Waals surface area contributed by atoms with Gasteiger partial charge in [0, 0.05) is 18.7 Å². The molecule has 0 unspecified atom stereocenters. The van der Waals surface area contributed by atoms with Crippen molar-refractivity contribution in [2.45, 2.75) is 6.42 Å². The SMILES string of the molecule is O=C(O)N1CC=C(c2ccc3cnnn3c2F)CC1. The minimum atomic E-state index is -0.956. The number of hydrogen-bond donors (Lipinski definition) is 1. The average Bonchev–Trinajstić information content (AvgIpc) is 2.88. The molecular weight excluding hydrogens is 251 g/mol. The average molecular weight is 262 g/mol. The van der Waals surface area contributed by atoms with Gasteiger partial charge in [-0.3, -0.25) is 0 Å². The Morgan fingerprint density at radius 1 is 1.42 bits per heavy atom. The molecule has 1 N–H and O–H groups in total. The van der Waals surface area contributed by atoms with E-state index in [4.69, 9.17) is 5.11 Å². The Balaban J connectivity index is 1.97. The van der Waals surface area contributed by atoms with Crippen molar-refractivity contribution < 1.29 is 14.3 Å². The number of fused-ring (bicyclic) bond motifs is 1. The van der Waals surface area contributed by atoms with Gasteiger partial charge >= 0.3 is 6.09 Å². The summed E-state index contributed by atoms with van der Waals surface area (Å²) < 4.78 is 15.4. The normalized spacial score (nSPS) is 15.6. The minimum Gasteiger partial charge on any atom is -0.465 e. The van der Waals surface area contributed by atoms with Gasteiger partial charge in [-0.1, -0.05) is 11.3 Å². The zero-order valence-corrected chi connectivity index (χ0v) is 9.95. The van der Waals surface area contributed by atoms with Gasteiger partial charge in [0.1, 0.15) is 0 Å². The lowest BCUT2D eigenvalue weighted by Crippen LogP contribution is -2.33. The third-order valence-electron chi connectivity index (χ3n) is 3.23. The molecule has 1 amide bonds. The first-order chi connectivity index (χ1) is 9.16. The van der Waals surface area contributed by atoms with Crippen LogP contribution in [0.4, 0.5) is 9.18 Å². The maximum absolute atomic E-state index is 14.2. The molecule has 6 nitrogen and oxygen atoms in total. The third kappa shape index (κ3) is 1.92. The molecule has 2 aromatic rings. The number of carboxylic acid groups (broad SMARTS) is 1. The molecule has 0 saturated carbocycles. The molecular formula is C12H11FN4O2. The van der Waals surface area contributed by atoms with Crippen LogP contribution >= 0.6 is 0 Å². The second kappa shape index (κ2) is 4.34. The monoisotopic (exact) mass is 262 g/mol. The van der Waals surface area contributed by atoms with Gasteiger partial charge in [0.15, 0.2) is 0 Å². The molecule has 0 spiro atoms. The van der Waals surface area contributed by atoms with Crippen LogP contribution in [0.5, 0.6) is 0 Å². The summed E-state index contributed by atoms with van der Waals surface area (Å²) in [6.07, 6.45) is 2.75. The highest BCUT2D eigenvalue weighted by Gasteiger charge is 2.19. The predicted octanol–water partition coefficient (Wildman–Crippen LogP) is 1.64. The van der Waals surface area contributed by atoms with E-state index in [1.54, 1.807) is 18.2 Å². The van der Waals surface area contributed by atoms with E-state index >= 15 is 0 Å². The number of hydrogen-bond acceptors (Lipinski definition) is 3. The first-order valence-electron chi connectivity index (χ1n) is 5.83. The van der Waals surface area contributed by atoms with E-state index in [0.29, 0.717) is 24.0 Å². The largest absolute Gasteiger partial charge is 0.465 e. The van der Waals surface area contributed by atoms with E-state index < -0.39 is 12.0 Å². The second-order valence-corrected chi connectivity index (χ2v) is 4.32. The summed E-state index contributed by atoms with van der Waals surface area (Å²) in [5, 5.41) is 16.2. The van der Waals surface area contributed by atoms with Gasteiger partial charge in [-0.25, -0.2) is 4.79 Å². The molecule has 0 aliphatic carbocycles. The number of amides is 1. The van der Waals surface area contributed by atoms with Crippen LogP contribution in [0.15, 0.2) is 24.4 Å². The number of rotatable bonds is 1. The quantitative estimate of drug-likeness (QED) is 0.793. The molecule has 0 fully saturated rings. The van der Waals surface area contributed by atoms with Gasteiger partial charge in [0.2, 0.25) is 5.95 Å². The molecule has 0 aromatic carbocycles. The van der Waals surface area contributed by atoms with Crippen LogP contribution in [-0.2, 0) is 0 Å². The van der Waals surface area contributed by atoms with Crippen LogP contribution in [0.2, 0.25) is 0 Å². The topological polar surface area (TPSA) is 70.7 Å². The van der Waals surface area contributed by atoms with Gasteiger partial charge in [-0.15, -0.1) is 5.10 Å². The van der Waals surface area contributed by atoms with Gasteiger partial charge < -0.3 is 10.0 Å². The summed E-state index contributed by atoms with van der Waals surface area (Å²) in [5.74, 6) is -0.468. The molecule has 1 aliphatic heterocycles. The molecule has 2 aromatic heterocycles. The smallest absolute Gasteiger partial charge is 0.407 e. The number of carbonyl (C=O) groups is 1. The number of halogens is 1. The van der Waals surface area contributed by atoms with Crippen molar-refractivity contribution in [2.24, 2.45) is 0 Å². The fourth-order valence-corrected chi connectivity index (χ4v) is 2.19. The molecule has 19 heavy (non-hydrogen) atoms. The Bertz CT molecular complexity index is 679. The Morgan fingerprint density at radius 2 is 2.26 bits per heavy atom. The number of aromatic nitrogens is 3. The molecule has 1 aliphatic rings. The molecule has 0 saturated heterocycles. The Hall–Kier alpha value is -2.44. The van der Waals surface area contributed by atoms with Crippen molar-refractivity contribution in [2.75, 3.05) is 13.1 Å². The lowest BCUT2D eigenvalue weighted by Gasteiger charge is -2.23. The third-order valence-corrected chi connectivity index (χ3v) is 3.23. The maximum atomic E-state index is 14.2. The van der Waals surface area contributed by atoms with Crippen LogP contribution in [0.3, 0.4) is 0 Å². The zero-order chi connectivity index (χ0) is 13.4. The lowest BCUT2D eigenvalue weighted by molar-refractivity contribution is 0.150. The highest BCUT2D eigenvalue weighted by molar-refractivity contribution is 5.71. The van der Waals surface area contributed by atoms with Crippen LogP contribution in [0.25, 0.3) is 11.1 Å². The minimum absolute atomic E-state index is 0.277. The van der Waals surface area contributed by atoms with Crippen molar-refractivity contribution in [3.05, 3.63) is 35.9 Å². The van der Waals surface area contributed by atoms with Crippen molar-refractivity contribution >= 4 is 17.2 Å². The van der Waals surface area contributed by atoms with Crippen LogP contribution in [0.1, 0.15) is 12.0 Å². The standard InChI is InChI=1S/C12H11FN4O2/c13-11-10(2-1-9-7-14-15-17(9)11)8-3-5-16(6-4-8)12(18)19/h1-3,7H,4-6H2,(H,18,19).